The number of amides is 1. The number of piperidine rings is 1. The highest BCUT2D eigenvalue weighted by Gasteiger charge is 2.42. The van der Waals surface area contributed by atoms with Crippen molar-refractivity contribution < 1.29 is 4.79 Å². The lowest BCUT2D eigenvalue weighted by Gasteiger charge is -2.32. The lowest BCUT2D eigenvalue weighted by Crippen LogP contribution is -2.43. The summed E-state index contributed by atoms with van der Waals surface area (Å²) in [5.74, 6) is 2.74. The van der Waals surface area contributed by atoms with Gasteiger partial charge in [-0.3, -0.25) is 4.79 Å². The zero-order valence-electron chi connectivity index (χ0n) is 14.7. The topological polar surface area (TPSA) is 56.4 Å². The molecule has 3 N–H and O–H groups in total. The molecule has 132 valence electrons. The zero-order valence-corrected chi connectivity index (χ0v) is 14.7. The van der Waals surface area contributed by atoms with E-state index in [9.17, 15) is 4.79 Å². The molecule has 3 rings (SSSR count). The number of carbonyl (C=O) groups is 1. The summed E-state index contributed by atoms with van der Waals surface area (Å²) in [4.78, 5) is 14.8. The van der Waals surface area contributed by atoms with Crippen LogP contribution in [-0.4, -0.2) is 63.7 Å². The van der Waals surface area contributed by atoms with Crippen molar-refractivity contribution in [3.63, 3.8) is 0 Å². The van der Waals surface area contributed by atoms with Gasteiger partial charge in [0.1, 0.15) is 0 Å². The van der Waals surface area contributed by atoms with E-state index in [2.05, 4.69) is 20.9 Å². The number of likely N-dealkylation sites (N-methyl/N-ethyl adjacent to an activating group) is 1. The van der Waals surface area contributed by atoms with E-state index in [-0.39, 0.29) is 5.92 Å². The van der Waals surface area contributed by atoms with Crippen LogP contribution in [0.15, 0.2) is 0 Å². The molecule has 5 nitrogen and oxygen atoms in total. The predicted molar refractivity (Wildman–Crippen MR) is 93.3 cm³/mol. The van der Waals surface area contributed by atoms with Gasteiger partial charge in [0, 0.05) is 32.1 Å². The third kappa shape index (κ3) is 5.73. The first kappa shape index (κ1) is 17.2. The largest absolute Gasteiger partial charge is 0.356 e. The van der Waals surface area contributed by atoms with E-state index in [0.29, 0.717) is 17.7 Å². The van der Waals surface area contributed by atoms with Crippen molar-refractivity contribution >= 4 is 5.91 Å². The lowest BCUT2D eigenvalue weighted by atomic mass is 9.98. The summed E-state index contributed by atoms with van der Waals surface area (Å²) in [6, 6.07) is 0. The molecule has 3 unspecified atom stereocenters. The molecule has 0 aromatic rings. The zero-order chi connectivity index (χ0) is 16.1. The van der Waals surface area contributed by atoms with Crippen molar-refractivity contribution in [2.24, 2.45) is 23.7 Å². The fourth-order valence-electron chi connectivity index (χ4n) is 3.76. The maximum atomic E-state index is 12.3. The maximum Gasteiger partial charge on any atom is 0.223 e. The Hall–Kier alpha value is -0.650. The number of carbonyl (C=O) groups excluding carboxylic acids is 1. The lowest BCUT2D eigenvalue weighted by molar-refractivity contribution is -0.122. The van der Waals surface area contributed by atoms with Gasteiger partial charge in [-0.05, 0) is 76.5 Å². The molecular formula is C18H34N4O. The van der Waals surface area contributed by atoms with Crippen LogP contribution in [0.5, 0.6) is 0 Å². The third-order valence-electron chi connectivity index (χ3n) is 5.64. The summed E-state index contributed by atoms with van der Waals surface area (Å²) in [6.07, 6.45) is 6.40. The van der Waals surface area contributed by atoms with Crippen LogP contribution in [0.4, 0.5) is 0 Å². The van der Waals surface area contributed by atoms with Gasteiger partial charge < -0.3 is 20.9 Å². The molecule has 1 amide bonds. The van der Waals surface area contributed by atoms with Crippen LogP contribution in [0.25, 0.3) is 0 Å². The molecular weight excluding hydrogens is 288 g/mol. The van der Waals surface area contributed by atoms with Crippen molar-refractivity contribution in [3.8, 4) is 0 Å². The highest BCUT2D eigenvalue weighted by molar-refractivity contribution is 5.81. The molecule has 0 radical (unpaired) electrons. The van der Waals surface area contributed by atoms with Crippen LogP contribution in [0.1, 0.15) is 32.1 Å². The van der Waals surface area contributed by atoms with Gasteiger partial charge >= 0.3 is 0 Å². The van der Waals surface area contributed by atoms with Crippen molar-refractivity contribution in [2.75, 3.05) is 52.9 Å². The van der Waals surface area contributed by atoms with Crippen LogP contribution >= 0.6 is 0 Å². The summed E-state index contributed by atoms with van der Waals surface area (Å²) >= 11 is 0. The number of likely N-dealkylation sites (tertiary alicyclic amines) is 1. The van der Waals surface area contributed by atoms with Crippen LogP contribution in [0.2, 0.25) is 0 Å². The van der Waals surface area contributed by atoms with Crippen molar-refractivity contribution in [3.05, 3.63) is 0 Å². The second-order valence-corrected chi connectivity index (χ2v) is 7.86. The van der Waals surface area contributed by atoms with E-state index in [4.69, 9.17) is 0 Å². The first-order valence-electron chi connectivity index (χ1n) is 9.61. The van der Waals surface area contributed by atoms with Crippen molar-refractivity contribution in [1.82, 2.24) is 20.9 Å². The average Bonchev–Trinajstić information content (AvgIpc) is 3.47. The Morgan fingerprint density at radius 2 is 2.00 bits per heavy atom. The molecule has 5 heteroatoms. The number of hydrogen-bond donors (Lipinski definition) is 3. The van der Waals surface area contributed by atoms with Gasteiger partial charge in [-0.2, -0.15) is 0 Å². The molecule has 2 saturated carbocycles. The highest BCUT2D eigenvalue weighted by Crippen LogP contribution is 2.38. The van der Waals surface area contributed by atoms with E-state index in [1.54, 1.807) is 0 Å². The minimum atomic E-state index is 0.283. The standard InChI is InChI=1S/C18H34N4O/c1-19-6-8-22-7-2-3-15(13-22)11-21-18(23)17-9-16(17)12-20-10-14-4-5-14/h14-17,19-20H,2-13H2,1H3,(H,21,23). The molecule has 0 aromatic carbocycles. The molecule has 1 saturated heterocycles. The summed E-state index contributed by atoms with van der Waals surface area (Å²) in [6.45, 7) is 7.59. The Labute approximate surface area is 140 Å². The number of nitrogens with zero attached hydrogens (tertiary/aromatic N) is 1. The van der Waals surface area contributed by atoms with Crippen LogP contribution in [0.3, 0.4) is 0 Å². The maximum absolute atomic E-state index is 12.3. The Morgan fingerprint density at radius 1 is 1.13 bits per heavy atom. The van der Waals surface area contributed by atoms with Gasteiger partial charge in [0.25, 0.3) is 0 Å². The summed E-state index contributed by atoms with van der Waals surface area (Å²) in [5.41, 5.74) is 0. The van der Waals surface area contributed by atoms with Crippen LogP contribution < -0.4 is 16.0 Å². The average molecular weight is 322 g/mol. The number of hydrogen-bond acceptors (Lipinski definition) is 4. The molecule has 3 atom stereocenters. The normalized spacial score (nSPS) is 31.1. The highest BCUT2D eigenvalue weighted by atomic mass is 16.2. The monoisotopic (exact) mass is 322 g/mol. The Bertz CT molecular complexity index is 385. The molecule has 23 heavy (non-hydrogen) atoms. The molecule has 1 heterocycles. The van der Waals surface area contributed by atoms with Crippen LogP contribution in [0, 0.1) is 23.7 Å². The van der Waals surface area contributed by atoms with E-state index >= 15 is 0 Å². The smallest absolute Gasteiger partial charge is 0.223 e. The molecule has 3 aliphatic rings. The predicted octanol–water partition coefficient (Wildman–Crippen LogP) is 0.670. The first-order valence-corrected chi connectivity index (χ1v) is 9.61. The van der Waals surface area contributed by atoms with E-state index in [1.807, 2.05) is 7.05 Å². The quantitative estimate of drug-likeness (QED) is 0.553. The summed E-state index contributed by atoms with van der Waals surface area (Å²) < 4.78 is 0. The van der Waals surface area contributed by atoms with Crippen molar-refractivity contribution in [2.45, 2.75) is 32.1 Å². The van der Waals surface area contributed by atoms with Gasteiger partial charge in [0.05, 0.1) is 0 Å². The fraction of sp³-hybridized carbons (Fsp3) is 0.944. The van der Waals surface area contributed by atoms with Gasteiger partial charge in [-0.15, -0.1) is 0 Å². The second kappa shape index (κ2) is 8.45. The van der Waals surface area contributed by atoms with Crippen molar-refractivity contribution in [1.29, 1.82) is 0 Å². The molecule has 0 bridgehead atoms. The van der Waals surface area contributed by atoms with E-state index in [1.165, 1.54) is 32.2 Å². The van der Waals surface area contributed by atoms with Crippen LogP contribution in [-0.2, 0) is 4.79 Å². The van der Waals surface area contributed by atoms with Gasteiger partial charge in [-0.1, -0.05) is 0 Å². The molecule has 3 fully saturated rings. The Kier molecular flexibility index (Phi) is 6.31. The minimum Gasteiger partial charge on any atom is -0.356 e. The summed E-state index contributed by atoms with van der Waals surface area (Å²) in [5, 5.41) is 9.97. The second-order valence-electron chi connectivity index (χ2n) is 7.86. The third-order valence-corrected chi connectivity index (χ3v) is 5.64. The van der Waals surface area contributed by atoms with Gasteiger partial charge in [0.2, 0.25) is 5.91 Å². The van der Waals surface area contributed by atoms with Gasteiger partial charge in [0.15, 0.2) is 0 Å². The SMILES string of the molecule is CNCCN1CCCC(CNC(=O)C2CC2CNCC2CC2)C1. The molecule has 0 aromatic heterocycles. The first-order chi connectivity index (χ1) is 11.3. The summed E-state index contributed by atoms with van der Waals surface area (Å²) in [7, 11) is 2.01. The fourth-order valence-corrected chi connectivity index (χ4v) is 3.76. The van der Waals surface area contributed by atoms with E-state index < -0.39 is 0 Å². The van der Waals surface area contributed by atoms with E-state index in [0.717, 1.165) is 51.6 Å². The molecule has 2 aliphatic carbocycles. The van der Waals surface area contributed by atoms with Gasteiger partial charge in [-0.25, -0.2) is 0 Å². The molecule has 1 aliphatic heterocycles. The number of nitrogens with one attached hydrogen (secondary N) is 3. The molecule has 0 spiro atoms. The number of rotatable bonds is 10. The Balaban J connectivity index is 1.27. The minimum absolute atomic E-state index is 0.283. The Morgan fingerprint density at radius 3 is 2.78 bits per heavy atom.